The highest BCUT2D eigenvalue weighted by molar-refractivity contribution is 7.99. The first-order chi connectivity index (χ1) is 11.5. The van der Waals surface area contributed by atoms with Crippen molar-refractivity contribution in [3.8, 4) is 0 Å². The lowest BCUT2D eigenvalue weighted by Crippen LogP contribution is -2.14. The van der Waals surface area contributed by atoms with Crippen LogP contribution in [0.4, 0.5) is 11.4 Å². The zero-order chi connectivity index (χ0) is 17.5. The monoisotopic (exact) mass is 378 g/mol. The Balaban J connectivity index is 0.00000312. The molecule has 0 fully saturated rings. The van der Waals surface area contributed by atoms with Crippen molar-refractivity contribution < 1.29 is 4.79 Å². The Labute approximate surface area is 161 Å². The molecule has 2 aromatic carbocycles. The van der Waals surface area contributed by atoms with Crippen molar-refractivity contribution in [3.05, 3.63) is 59.2 Å². The molecule has 3 nitrogen and oxygen atoms in total. The van der Waals surface area contributed by atoms with Crippen LogP contribution in [0.2, 0.25) is 0 Å². The Hall–Kier alpha value is -1.65. The number of para-hydroxylation sites is 1. The smallest absolute Gasteiger partial charge is 0.224 e. The van der Waals surface area contributed by atoms with E-state index in [1.807, 2.05) is 48.2 Å². The number of aryl methyl sites for hydroxylation is 1. The van der Waals surface area contributed by atoms with Gasteiger partial charge < -0.3 is 11.1 Å². The highest BCUT2D eigenvalue weighted by Gasteiger charge is 2.09. The fourth-order valence-corrected chi connectivity index (χ4v) is 3.28. The van der Waals surface area contributed by atoms with Crippen LogP contribution < -0.4 is 11.1 Å². The van der Waals surface area contributed by atoms with Gasteiger partial charge in [0, 0.05) is 23.5 Å². The molecule has 136 valence electrons. The van der Waals surface area contributed by atoms with E-state index in [0.717, 1.165) is 28.3 Å². The van der Waals surface area contributed by atoms with Crippen LogP contribution in [0, 0.1) is 6.92 Å². The molecule has 3 N–H and O–H groups in total. The first-order valence-corrected chi connectivity index (χ1v) is 9.35. The predicted molar refractivity (Wildman–Crippen MR) is 113 cm³/mol. The third kappa shape index (κ3) is 6.63. The molecule has 0 aliphatic heterocycles. The summed E-state index contributed by atoms with van der Waals surface area (Å²) in [4.78, 5) is 12.3. The van der Waals surface area contributed by atoms with Gasteiger partial charge in [-0.3, -0.25) is 4.79 Å². The first-order valence-electron chi connectivity index (χ1n) is 8.30. The lowest BCUT2D eigenvalue weighted by Gasteiger charge is -2.13. The Bertz CT molecular complexity index is 704. The van der Waals surface area contributed by atoms with Crippen molar-refractivity contribution in [3.63, 3.8) is 0 Å². The summed E-state index contributed by atoms with van der Waals surface area (Å²) in [7, 11) is 0. The summed E-state index contributed by atoms with van der Waals surface area (Å²) in [5.74, 6) is 0.989. The summed E-state index contributed by atoms with van der Waals surface area (Å²) in [5, 5.41) is 3.64. The van der Waals surface area contributed by atoms with Gasteiger partial charge in [0.2, 0.25) is 5.91 Å². The molecule has 2 rings (SSSR count). The van der Waals surface area contributed by atoms with Gasteiger partial charge in [-0.1, -0.05) is 44.2 Å². The number of anilines is 2. The summed E-state index contributed by atoms with van der Waals surface area (Å²) < 4.78 is 0. The zero-order valence-electron chi connectivity index (χ0n) is 15.0. The zero-order valence-corrected chi connectivity index (χ0v) is 16.7. The van der Waals surface area contributed by atoms with Crippen molar-refractivity contribution in [1.29, 1.82) is 0 Å². The Morgan fingerprint density at radius 1 is 1.12 bits per heavy atom. The maximum absolute atomic E-state index is 12.3. The summed E-state index contributed by atoms with van der Waals surface area (Å²) in [5.41, 5.74) is 11.0. The molecule has 0 spiro atoms. The Morgan fingerprint density at radius 3 is 2.48 bits per heavy atom. The van der Waals surface area contributed by atoms with Gasteiger partial charge in [-0.05, 0) is 47.4 Å². The van der Waals surface area contributed by atoms with E-state index in [2.05, 4.69) is 32.2 Å². The molecule has 0 radical (unpaired) electrons. The lowest BCUT2D eigenvalue weighted by molar-refractivity contribution is -0.116. The van der Waals surface area contributed by atoms with Gasteiger partial charge in [-0.15, -0.1) is 12.4 Å². The van der Waals surface area contributed by atoms with E-state index in [-0.39, 0.29) is 18.3 Å². The van der Waals surface area contributed by atoms with Crippen LogP contribution >= 0.6 is 24.2 Å². The second kappa shape index (κ2) is 10.4. The molecule has 0 unspecified atom stereocenters. The van der Waals surface area contributed by atoms with Crippen molar-refractivity contribution >= 4 is 41.5 Å². The number of nitrogens with one attached hydrogen (secondary N) is 1. The number of carbonyl (C=O) groups excluding carboxylic acids is 1. The minimum Gasteiger partial charge on any atom is -0.399 e. The quantitative estimate of drug-likeness (QED) is 0.650. The van der Waals surface area contributed by atoms with Gasteiger partial charge in [-0.2, -0.15) is 11.8 Å². The number of hydrogen-bond donors (Lipinski definition) is 2. The molecule has 2 aromatic rings. The van der Waals surface area contributed by atoms with Crippen molar-refractivity contribution in [2.24, 2.45) is 0 Å². The van der Waals surface area contributed by atoms with Gasteiger partial charge in [0.15, 0.2) is 0 Å². The van der Waals surface area contributed by atoms with Gasteiger partial charge in [0.25, 0.3) is 0 Å². The largest absolute Gasteiger partial charge is 0.399 e. The summed E-state index contributed by atoms with van der Waals surface area (Å²) >= 11 is 1.91. The van der Waals surface area contributed by atoms with E-state index in [1.54, 1.807) is 0 Å². The molecule has 0 aliphatic carbocycles. The van der Waals surface area contributed by atoms with E-state index in [9.17, 15) is 4.79 Å². The average Bonchev–Trinajstić information content (AvgIpc) is 2.55. The fourth-order valence-electron chi connectivity index (χ4n) is 2.45. The molecule has 0 aliphatic rings. The lowest BCUT2D eigenvalue weighted by atomic mass is 10.1. The third-order valence-electron chi connectivity index (χ3n) is 3.97. The molecule has 0 saturated carbocycles. The van der Waals surface area contributed by atoms with Crippen LogP contribution in [-0.2, 0) is 17.0 Å². The van der Waals surface area contributed by atoms with Crippen LogP contribution in [0.1, 0.15) is 37.0 Å². The summed E-state index contributed by atoms with van der Waals surface area (Å²) in [6.07, 6.45) is 1.08. The third-order valence-corrected chi connectivity index (χ3v) is 5.11. The number of nitrogens with two attached hydrogens (primary N) is 1. The fraction of sp³-hybridized carbons (Fsp3) is 0.350. The van der Waals surface area contributed by atoms with Crippen molar-refractivity contribution in [2.45, 2.75) is 44.6 Å². The first kappa shape index (κ1) is 21.4. The highest BCUT2D eigenvalue weighted by Crippen LogP contribution is 2.25. The highest BCUT2D eigenvalue weighted by atomic mass is 35.5. The van der Waals surface area contributed by atoms with E-state index < -0.39 is 0 Å². The van der Waals surface area contributed by atoms with E-state index in [0.29, 0.717) is 18.1 Å². The molecule has 5 heteroatoms. The molecule has 0 bridgehead atoms. The Morgan fingerprint density at radius 2 is 1.80 bits per heavy atom. The summed E-state index contributed by atoms with van der Waals surface area (Å²) in [6.45, 7) is 6.46. The standard InChI is InChI=1S/C20H26N2OS.ClH/c1-14(2)24-13-17-8-6-10-19(15(17)3)22-20(23)12-11-16-7-4-5-9-18(16)21;/h4-10,14H,11-13,21H2,1-3H3,(H,22,23);1H. The number of rotatable bonds is 7. The van der Waals surface area contributed by atoms with E-state index >= 15 is 0 Å². The van der Waals surface area contributed by atoms with Gasteiger partial charge >= 0.3 is 0 Å². The number of amides is 1. The number of hydrogen-bond acceptors (Lipinski definition) is 3. The molecular formula is C20H27ClN2OS. The molecule has 0 aromatic heterocycles. The topological polar surface area (TPSA) is 55.1 Å². The minimum absolute atomic E-state index is 0. The van der Waals surface area contributed by atoms with Gasteiger partial charge in [-0.25, -0.2) is 0 Å². The number of carbonyl (C=O) groups is 1. The number of halogens is 1. The van der Waals surface area contributed by atoms with Crippen LogP contribution in [0.3, 0.4) is 0 Å². The average molecular weight is 379 g/mol. The molecule has 0 saturated heterocycles. The number of benzene rings is 2. The van der Waals surface area contributed by atoms with E-state index in [4.69, 9.17) is 5.73 Å². The van der Waals surface area contributed by atoms with Crippen LogP contribution in [-0.4, -0.2) is 11.2 Å². The maximum Gasteiger partial charge on any atom is 0.224 e. The number of nitrogen functional groups attached to an aromatic ring is 1. The minimum atomic E-state index is 0. The number of thioether (sulfide) groups is 1. The van der Waals surface area contributed by atoms with Crippen molar-refractivity contribution in [2.75, 3.05) is 11.1 Å². The van der Waals surface area contributed by atoms with Crippen LogP contribution in [0.15, 0.2) is 42.5 Å². The molecule has 0 atom stereocenters. The molecule has 0 heterocycles. The second-order valence-corrected chi connectivity index (χ2v) is 7.76. The maximum atomic E-state index is 12.3. The van der Waals surface area contributed by atoms with Gasteiger partial charge in [0.1, 0.15) is 0 Å². The molecule has 25 heavy (non-hydrogen) atoms. The van der Waals surface area contributed by atoms with Crippen molar-refractivity contribution in [1.82, 2.24) is 0 Å². The summed E-state index contributed by atoms with van der Waals surface area (Å²) in [6, 6.07) is 13.8. The normalized spacial score (nSPS) is 10.4. The molecule has 1 amide bonds. The van der Waals surface area contributed by atoms with E-state index in [1.165, 1.54) is 5.56 Å². The van der Waals surface area contributed by atoms with Crippen LogP contribution in [0.25, 0.3) is 0 Å². The van der Waals surface area contributed by atoms with Gasteiger partial charge in [0.05, 0.1) is 0 Å². The predicted octanol–water partition coefficient (Wildman–Crippen LogP) is 5.21. The second-order valence-electron chi connectivity index (χ2n) is 6.20. The van der Waals surface area contributed by atoms with Crippen LogP contribution in [0.5, 0.6) is 0 Å². The SMILES string of the molecule is Cc1c(CSC(C)C)cccc1NC(=O)CCc1ccccc1N.Cl. The molecular weight excluding hydrogens is 352 g/mol. The Kier molecular flexibility index (Phi) is 8.87.